The molecule has 3 rings (SSSR count). The van der Waals surface area contributed by atoms with Crippen LogP contribution in [-0.4, -0.2) is 13.5 Å². The molecule has 0 aromatic heterocycles. The molecule has 17 heavy (non-hydrogen) atoms. The zero-order valence-corrected chi connectivity index (χ0v) is 9.53. The molecule has 1 aliphatic rings. The van der Waals surface area contributed by atoms with Crippen molar-refractivity contribution in [3.63, 3.8) is 0 Å². The summed E-state index contributed by atoms with van der Waals surface area (Å²) in [7, 11) is -3.50. The highest BCUT2D eigenvalue weighted by Gasteiger charge is 2.26. The van der Waals surface area contributed by atoms with Gasteiger partial charge in [0.2, 0.25) is 0 Å². The van der Waals surface area contributed by atoms with Crippen LogP contribution < -0.4 is 4.72 Å². The Balaban J connectivity index is 2.41. The van der Waals surface area contributed by atoms with Gasteiger partial charge in [0.15, 0.2) is 0 Å². The van der Waals surface area contributed by atoms with Gasteiger partial charge in [0.1, 0.15) is 5.75 Å². The van der Waals surface area contributed by atoms with Gasteiger partial charge in [0.25, 0.3) is 10.0 Å². The van der Waals surface area contributed by atoms with E-state index in [9.17, 15) is 13.5 Å². The van der Waals surface area contributed by atoms with E-state index in [1.54, 1.807) is 36.4 Å². The predicted octanol–water partition coefficient (Wildman–Crippen LogP) is 2.17. The van der Waals surface area contributed by atoms with Crippen molar-refractivity contribution >= 4 is 15.7 Å². The molecule has 0 aliphatic carbocycles. The number of fused-ring (bicyclic) bond motifs is 3. The maximum absolute atomic E-state index is 11.9. The van der Waals surface area contributed by atoms with Gasteiger partial charge in [-0.15, -0.1) is 0 Å². The lowest BCUT2D eigenvalue weighted by molar-refractivity contribution is 0.475. The summed E-state index contributed by atoms with van der Waals surface area (Å²) in [5.74, 6) is 0.111. The second-order valence-corrected chi connectivity index (χ2v) is 5.48. The molecule has 5 heteroatoms. The molecule has 0 atom stereocenters. The van der Waals surface area contributed by atoms with E-state index in [0.717, 1.165) is 0 Å². The molecule has 0 saturated carbocycles. The van der Waals surface area contributed by atoms with Gasteiger partial charge in [-0.1, -0.05) is 18.2 Å². The number of phenolic OH excluding ortho intramolecular Hbond substituents is 1. The predicted molar refractivity (Wildman–Crippen MR) is 64.4 cm³/mol. The summed E-state index contributed by atoms with van der Waals surface area (Å²) in [5, 5.41) is 9.47. The molecular formula is C12H9NO3S. The number of sulfonamides is 1. The highest BCUT2D eigenvalue weighted by molar-refractivity contribution is 7.93. The van der Waals surface area contributed by atoms with E-state index in [-0.39, 0.29) is 10.6 Å². The summed E-state index contributed by atoms with van der Waals surface area (Å²) in [6.07, 6.45) is 0. The van der Waals surface area contributed by atoms with Crippen molar-refractivity contribution in [3.8, 4) is 16.9 Å². The fourth-order valence-electron chi connectivity index (χ4n) is 1.97. The zero-order chi connectivity index (χ0) is 12.0. The molecule has 0 bridgehead atoms. The van der Waals surface area contributed by atoms with Crippen LogP contribution >= 0.6 is 0 Å². The first-order valence-corrected chi connectivity index (χ1v) is 6.51. The van der Waals surface area contributed by atoms with Crippen LogP contribution in [0.5, 0.6) is 5.75 Å². The third-order valence-corrected chi connectivity index (χ3v) is 4.14. The number of anilines is 1. The van der Waals surface area contributed by atoms with Crippen LogP contribution in [0.4, 0.5) is 5.69 Å². The highest BCUT2D eigenvalue weighted by atomic mass is 32.2. The summed E-state index contributed by atoms with van der Waals surface area (Å²) in [4.78, 5) is 0.234. The number of nitrogens with one attached hydrogen (secondary N) is 1. The number of rotatable bonds is 0. The number of aromatic hydroxyl groups is 1. The first-order chi connectivity index (χ1) is 8.08. The van der Waals surface area contributed by atoms with Crippen LogP contribution in [0.25, 0.3) is 11.1 Å². The standard InChI is InChI=1S/C12H9NO3S/c14-8-5-6-11-10(7-8)9-3-1-2-4-12(9)17(15,16)13-11/h1-7,13-14H. The van der Waals surface area contributed by atoms with E-state index in [0.29, 0.717) is 16.8 Å². The number of phenols is 1. The van der Waals surface area contributed by atoms with Gasteiger partial charge in [-0.2, -0.15) is 0 Å². The molecule has 4 nitrogen and oxygen atoms in total. The smallest absolute Gasteiger partial charge is 0.262 e. The molecule has 0 amide bonds. The Bertz CT molecular complexity index is 707. The van der Waals surface area contributed by atoms with E-state index in [1.807, 2.05) is 0 Å². The first-order valence-electron chi connectivity index (χ1n) is 5.03. The average Bonchev–Trinajstić information content (AvgIpc) is 2.30. The Labute approximate surface area is 98.6 Å². The molecule has 2 N–H and O–H groups in total. The monoisotopic (exact) mass is 247 g/mol. The summed E-state index contributed by atoms with van der Waals surface area (Å²) in [6.45, 7) is 0. The van der Waals surface area contributed by atoms with Gasteiger partial charge in [-0.25, -0.2) is 8.42 Å². The molecule has 0 saturated heterocycles. The van der Waals surface area contributed by atoms with Crippen LogP contribution in [-0.2, 0) is 10.0 Å². The van der Waals surface area contributed by atoms with E-state index in [4.69, 9.17) is 0 Å². The lowest BCUT2D eigenvalue weighted by Gasteiger charge is -2.21. The van der Waals surface area contributed by atoms with Crippen molar-refractivity contribution in [1.29, 1.82) is 0 Å². The minimum absolute atomic E-state index is 0.111. The van der Waals surface area contributed by atoms with Crippen molar-refractivity contribution < 1.29 is 13.5 Å². The molecule has 86 valence electrons. The molecule has 1 aliphatic heterocycles. The average molecular weight is 247 g/mol. The maximum atomic E-state index is 11.9. The lowest BCUT2D eigenvalue weighted by Crippen LogP contribution is -2.18. The van der Waals surface area contributed by atoms with Crippen molar-refractivity contribution in [2.75, 3.05) is 4.72 Å². The SMILES string of the molecule is O=S1(=O)Nc2ccc(O)cc2-c2ccccc21. The molecule has 2 aromatic rings. The second-order valence-electron chi connectivity index (χ2n) is 3.83. The molecular weight excluding hydrogens is 238 g/mol. The third kappa shape index (κ3) is 1.47. The summed E-state index contributed by atoms with van der Waals surface area (Å²) in [6, 6.07) is 11.3. The quantitative estimate of drug-likeness (QED) is 0.701. The Hall–Kier alpha value is -2.01. The van der Waals surface area contributed by atoms with Crippen LogP contribution in [0.1, 0.15) is 0 Å². The van der Waals surface area contributed by atoms with Gasteiger partial charge in [0.05, 0.1) is 10.6 Å². The number of hydrogen-bond acceptors (Lipinski definition) is 3. The molecule has 2 aromatic carbocycles. The fraction of sp³-hybridized carbons (Fsp3) is 0. The minimum atomic E-state index is -3.50. The molecule has 0 fully saturated rings. The van der Waals surface area contributed by atoms with Crippen LogP contribution in [0.15, 0.2) is 47.4 Å². The van der Waals surface area contributed by atoms with E-state index in [2.05, 4.69) is 4.72 Å². The van der Waals surface area contributed by atoms with Crippen LogP contribution in [0.3, 0.4) is 0 Å². The zero-order valence-electron chi connectivity index (χ0n) is 8.71. The molecule has 1 heterocycles. The van der Waals surface area contributed by atoms with Gasteiger partial charge in [-0.05, 0) is 24.3 Å². The van der Waals surface area contributed by atoms with Crippen molar-refractivity contribution in [3.05, 3.63) is 42.5 Å². The number of benzene rings is 2. The third-order valence-electron chi connectivity index (χ3n) is 2.71. The first kappa shape index (κ1) is 10.2. The van der Waals surface area contributed by atoms with E-state index < -0.39 is 10.0 Å². The Morgan fingerprint density at radius 2 is 1.76 bits per heavy atom. The second kappa shape index (κ2) is 3.24. The summed E-state index contributed by atoms with van der Waals surface area (Å²) < 4.78 is 26.4. The highest BCUT2D eigenvalue weighted by Crippen LogP contribution is 2.40. The van der Waals surface area contributed by atoms with E-state index in [1.165, 1.54) is 6.07 Å². The fourth-order valence-corrected chi connectivity index (χ4v) is 3.27. The topological polar surface area (TPSA) is 66.4 Å². The molecule has 0 unspecified atom stereocenters. The van der Waals surface area contributed by atoms with Crippen molar-refractivity contribution in [1.82, 2.24) is 0 Å². The molecule has 0 spiro atoms. The van der Waals surface area contributed by atoms with E-state index >= 15 is 0 Å². The van der Waals surface area contributed by atoms with Crippen LogP contribution in [0.2, 0.25) is 0 Å². The van der Waals surface area contributed by atoms with Gasteiger partial charge < -0.3 is 5.11 Å². The summed E-state index contributed by atoms with van der Waals surface area (Å²) in [5.41, 5.74) is 1.79. The largest absolute Gasteiger partial charge is 0.508 e. The van der Waals surface area contributed by atoms with Crippen molar-refractivity contribution in [2.24, 2.45) is 0 Å². The van der Waals surface area contributed by atoms with Gasteiger partial charge >= 0.3 is 0 Å². The van der Waals surface area contributed by atoms with Gasteiger partial charge in [-0.3, -0.25) is 4.72 Å². The lowest BCUT2D eigenvalue weighted by atomic mass is 10.0. The van der Waals surface area contributed by atoms with Gasteiger partial charge in [0, 0.05) is 11.1 Å². The van der Waals surface area contributed by atoms with Crippen molar-refractivity contribution in [2.45, 2.75) is 4.90 Å². The van der Waals surface area contributed by atoms with Crippen LogP contribution in [0, 0.1) is 0 Å². The Kier molecular flexibility index (Phi) is 1.94. The normalized spacial score (nSPS) is 15.5. The summed E-state index contributed by atoms with van der Waals surface area (Å²) >= 11 is 0. The Morgan fingerprint density at radius 1 is 1.00 bits per heavy atom. The molecule has 0 radical (unpaired) electrons. The number of hydrogen-bond donors (Lipinski definition) is 2. The maximum Gasteiger partial charge on any atom is 0.262 e. The minimum Gasteiger partial charge on any atom is -0.508 e. The Morgan fingerprint density at radius 3 is 2.59 bits per heavy atom.